The Bertz CT molecular complexity index is 388. The van der Waals surface area contributed by atoms with Crippen molar-refractivity contribution in [3.05, 3.63) is 23.9 Å². The summed E-state index contributed by atoms with van der Waals surface area (Å²) in [5, 5.41) is 3.20. The van der Waals surface area contributed by atoms with Crippen LogP contribution in [-0.2, 0) is 0 Å². The van der Waals surface area contributed by atoms with E-state index in [9.17, 15) is 4.79 Å². The van der Waals surface area contributed by atoms with Crippen LogP contribution < -0.4 is 11.1 Å². The summed E-state index contributed by atoms with van der Waals surface area (Å²) < 4.78 is 0. The lowest BCUT2D eigenvalue weighted by Crippen LogP contribution is -2.19. The number of carbonyl (C=O) groups is 1. The van der Waals surface area contributed by atoms with Crippen molar-refractivity contribution in [2.45, 2.75) is 19.8 Å². The van der Waals surface area contributed by atoms with Gasteiger partial charge in [-0.15, -0.1) is 0 Å². The summed E-state index contributed by atoms with van der Waals surface area (Å²) in [6.07, 6.45) is 4.32. The molecule has 4 nitrogen and oxygen atoms in total. The number of amides is 1. The van der Waals surface area contributed by atoms with E-state index in [-0.39, 0.29) is 0 Å². The quantitative estimate of drug-likeness (QED) is 0.791. The van der Waals surface area contributed by atoms with Crippen LogP contribution in [0.4, 0.5) is 5.82 Å². The van der Waals surface area contributed by atoms with E-state index < -0.39 is 5.91 Å². The van der Waals surface area contributed by atoms with E-state index in [1.165, 1.54) is 12.8 Å². The summed E-state index contributed by atoms with van der Waals surface area (Å²) >= 11 is 0. The van der Waals surface area contributed by atoms with Gasteiger partial charge < -0.3 is 11.1 Å². The lowest BCUT2D eigenvalue weighted by Gasteiger charge is -2.13. The first kappa shape index (κ1) is 10.9. The Kier molecular flexibility index (Phi) is 3.08. The minimum Gasteiger partial charge on any atom is -0.369 e. The molecule has 0 saturated heterocycles. The summed E-state index contributed by atoms with van der Waals surface area (Å²) in [6, 6.07) is 3.41. The van der Waals surface area contributed by atoms with Crippen molar-refractivity contribution in [1.82, 2.24) is 4.98 Å². The molecular weight excluding hydrogens is 202 g/mol. The third-order valence-corrected chi connectivity index (χ3v) is 3.09. The second kappa shape index (κ2) is 4.51. The van der Waals surface area contributed by atoms with Gasteiger partial charge in [0.05, 0.1) is 5.56 Å². The fourth-order valence-corrected chi connectivity index (χ4v) is 1.83. The van der Waals surface area contributed by atoms with Gasteiger partial charge in [0, 0.05) is 12.7 Å². The highest BCUT2D eigenvalue weighted by atomic mass is 16.1. The Morgan fingerprint density at radius 3 is 3.06 bits per heavy atom. The first-order valence-electron chi connectivity index (χ1n) is 5.67. The van der Waals surface area contributed by atoms with E-state index in [4.69, 9.17) is 5.73 Å². The number of nitrogens with zero attached hydrogens (tertiary/aromatic N) is 1. The largest absolute Gasteiger partial charge is 0.369 e. The molecular formula is C12H17N3O. The van der Waals surface area contributed by atoms with E-state index in [0.717, 1.165) is 12.5 Å². The van der Waals surface area contributed by atoms with Gasteiger partial charge in [0.1, 0.15) is 5.82 Å². The highest BCUT2D eigenvalue weighted by Gasteiger charge is 2.27. The number of aromatic nitrogens is 1. The highest BCUT2D eigenvalue weighted by Crippen LogP contribution is 2.36. The molecule has 0 spiro atoms. The number of carbonyl (C=O) groups excluding carboxylic acids is 1. The third-order valence-electron chi connectivity index (χ3n) is 3.09. The zero-order valence-electron chi connectivity index (χ0n) is 9.44. The van der Waals surface area contributed by atoms with Crippen LogP contribution in [-0.4, -0.2) is 17.4 Å². The van der Waals surface area contributed by atoms with Crippen LogP contribution in [0.2, 0.25) is 0 Å². The molecule has 1 aliphatic carbocycles. The van der Waals surface area contributed by atoms with Gasteiger partial charge in [-0.3, -0.25) is 4.79 Å². The van der Waals surface area contributed by atoms with Crippen LogP contribution in [0, 0.1) is 11.8 Å². The molecule has 1 amide bonds. The monoisotopic (exact) mass is 219 g/mol. The number of pyridine rings is 1. The Hall–Kier alpha value is -1.58. The number of nitrogens with one attached hydrogen (secondary N) is 1. The Morgan fingerprint density at radius 2 is 2.44 bits per heavy atom. The van der Waals surface area contributed by atoms with Gasteiger partial charge >= 0.3 is 0 Å². The maximum Gasteiger partial charge on any atom is 0.252 e. The number of anilines is 1. The summed E-state index contributed by atoms with van der Waals surface area (Å²) in [6.45, 7) is 3.07. The summed E-state index contributed by atoms with van der Waals surface area (Å²) in [5.74, 6) is 1.63. The third kappa shape index (κ3) is 2.51. The van der Waals surface area contributed by atoms with Gasteiger partial charge in [0.2, 0.25) is 0 Å². The Morgan fingerprint density at radius 1 is 1.69 bits per heavy atom. The van der Waals surface area contributed by atoms with Crippen molar-refractivity contribution < 1.29 is 4.79 Å². The first-order valence-corrected chi connectivity index (χ1v) is 5.67. The lowest BCUT2D eigenvalue weighted by atomic mass is 10.1. The molecule has 1 atom stereocenters. The molecule has 1 aromatic heterocycles. The van der Waals surface area contributed by atoms with Gasteiger partial charge in [0.25, 0.3) is 5.91 Å². The van der Waals surface area contributed by atoms with Crippen molar-refractivity contribution in [3.8, 4) is 0 Å². The molecule has 86 valence electrons. The molecule has 1 aromatic rings. The molecule has 0 radical (unpaired) electrons. The molecule has 0 aliphatic heterocycles. The fourth-order valence-electron chi connectivity index (χ4n) is 1.83. The van der Waals surface area contributed by atoms with Crippen molar-refractivity contribution in [3.63, 3.8) is 0 Å². The van der Waals surface area contributed by atoms with Gasteiger partial charge in [-0.1, -0.05) is 6.92 Å². The molecule has 1 saturated carbocycles. The smallest absolute Gasteiger partial charge is 0.252 e. The van der Waals surface area contributed by atoms with E-state index >= 15 is 0 Å². The van der Waals surface area contributed by atoms with E-state index in [1.807, 2.05) is 0 Å². The minimum absolute atomic E-state index is 0.435. The van der Waals surface area contributed by atoms with Crippen LogP contribution in [0.1, 0.15) is 30.1 Å². The zero-order chi connectivity index (χ0) is 11.5. The predicted molar refractivity (Wildman–Crippen MR) is 63.1 cm³/mol. The second-order valence-electron chi connectivity index (χ2n) is 4.46. The van der Waals surface area contributed by atoms with E-state index in [1.54, 1.807) is 18.3 Å². The summed E-state index contributed by atoms with van der Waals surface area (Å²) in [5.41, 5.74) is 5.74. The minimum atomic E-state index is -0.435. The fraction of sp³-hybridized carbons (Fsp3) is 0.500. The Balaban J connectivity index is 1.99. The molecule has 3 N–H and O–H groups in total. The van der Waals surface area contributed by atoms with Crippen LogP contribution in [0.25, 0.3) is 0 Å². The van der Waals surface area contributed by atoms with Gasteiger partial charge in [0.15, 0.2) is 0 Å². The topological polar surface area (TPSA) is 68.0 Å². The molecule has 4 heteroatoms. The number of hydrogen-bond donors (Lipinski definition) is 2. The van der Waals surface area contributed by atoms with Crippen molar-refractivity contribution >= 4 is 11.7 Å². The highest BCUT2D eigenvalue weighted by molar-refractivity contribution is 5.97. The normalized spacial score (nSPS) is 16.8. The second-order valence-corrected chi connectivity index (χ2v) is 4.46. The predicted octanol–water partition coefficient (Wildman–Crippen LogP) is 1.64. The van der Waals surface area contributed by atoms with Crippen molar-refractivity contribution in [2.24, 2.45) is 17.6 Å². The zero-order valence-corrected chi connectivity index (χ0v) is 9.44. The maximum atomic E-state index is 11.2. The molecule has 1 fully saturated rings. The molecule has 0 bridgehead atoms. The molecule has 16 heavy (non-hydrogen) atoms. The van der Waals surface area contributed by atoms with Crippen molar-refractivity contribution in [2.75, 3.05) is 11.9 Å². The van der Waals surface area contributed by atoms with Crippen LogP contribution >= 0.6 is 0 Å². The van der Waals surface area contributed by atoms with Crippen LogP contribution in [0.3, 0.4) is 0 Å². The molecule has 1 aliphatic rings. The SMILES string of the molecule is CC(CNc1ncccc1C(N)=O)C1CC1. The van der Waals surface area contributed by atoms with Crippen LogP contribution in [0.5, 0.6) is 0 Å². The van der Waals surface area contributed by atoms with Crippen LogP contribution in [0.15, 0.2) is 18.3 Å². The summed E-state index contributed by atoms with van der Waals surface area (Å²) in [7, 11) is 0. The number of hydrogen-bond acceptors (Lipinski definition) is 3. The number of nitrogens with two attached hydrogens (primary N) is 1. The van der Waals surface area contributed by atoms with Crippen molar-refractivity contribution in [1.29, 1.82) is 0 Å². The average molecular weight is 219 g/mol. The van der Waals surface area contributed by atoms with E-state index in [2.05, 4.69) is 17.2 Å². The number of primary amides is 1. The number of rotatable bonds is 5. The standard InChI is InChI=1S/C12H17N3O/c1-8(9-4-5-9)7-15-12-10(11(13)16)3-2-6-14-12/h2-3,6,8-9H,4-5,7H2,1H3,(H2,13,16)(H,14,15). The maximum absolute atomic E-state index is 11.2. The average Bonchev–Trinajstić information content (AvgIpc) is 3.10. The molecule has 1 unspecified atom stereocenters. The van der Waals surface area contributed by atoms with Gasteiger partial charge in [-0.2, -0.15) is 0 Å². The molecule has 2 rings (SSSR count). The Labute approximate surface area is 95.3 Å². The van der Waals surface area contributed by atoms with Gasteiger partial charge in [-0.25, -0.2) is 4.98 Å². The van der Waals surface area contributed by atoms with E-state index in [0.29, 0.717) is 17.3 Å². The molecule has 1 heterocycles. The lowest BCUT2D eigenvalue weighted by molar-refractivity contribution is 0.100. The summed E-state index contributed by atoms with van der Waals surface area (Å²) in [4.78, 5) is 15.3. The molecule has 0 aromatic carbocycles. The first-order chi connectivity index (χ1) is 7.68. The van der Waals surface area contributed by atoms with Gasteiger partial charge in [-0.05, 0) is 36.8 Å².